The van der Waals surface area contributed by atoms with Gasteiger partial charge in [-0.2, -0.15) is 4.98 Å². The Kier molecular flexibility index (Phi) is 3.12. The first-order valence-corrected chi connectivity index (χ1v) is 5.64. The molecule has 1 unspecified atom stereocenters. The lowest BCUT2D eigenvalue weighted by atomic mass is 10.1. The van der Waals surface area contributed by atoms with E-state index in [1.165, 1.54) is 4.90 Å². The maximum absolute atomic E-state index is 10.8. The van der Waals surface area contributed by atoms with Crippen LogP contribution < -0.4 is 0 Å². The van der Waals surface area contributed by atoms with E-state index >= 15 is 0 Å². The fourth-order valence-corrected chi connectivity index (χ4v) is 2.00. The van der Waals surface area contributed by atoms with E-state index in [1.807, 2.05) is 6.92 Å². The van der Waals surface area contributed by atoms with Gasteiger partial charge in [-0.05, 0) is 12.8 Å². The summed E-state index contributed by atoms with van der Waals surface area (Å²) in [5, 5.41) is 18.5. The number of likely N-dealkylation sites (tertiary alicyclic amines) is 1. The molecule has 6 heteroatoms. The first-order valence-electron chi connectivity index (χ1n) is 5.64. The van der Waals surface area contributed by atoms with Crippen LogP contribution in [0.3, 0.4) is 0 Å². The quantitative estimate of drug-likeness (QED) is 0.807. The molecular weight excluding hydrogens is 222 g/mol. The van der Waals surface area contributed by atoms with Crippen LogP contribution in [0.5, 0.6) is 5.88 Å². The molecule has 1 aromatic heterocycles. The second-order valence-corrected chi connectivity index (χ2v) is 4.14. The third-order valence-electron chi connectivity index (χ3n) is 3.07. The lowest BCUT2D eigenvalue weighted by molar-refractivity contribution is 0.155. The van der Waals surface area contributed by atoms with Gasteiger partial charge in [-0.3, -0.25) is 0 Å². The Morgan fingerprint density at radius 2 is 2.41 bits per heavy atom. The number of amides is 1. The molecule has 0 spiro atoms. The van der Waals surface area contributed by atoms with E-state index in [-0.39, 0.29) is 11.8 Å². The zero-order valence-electron chi connectivity index (χ0n) is 9.63. The van der Waals surface area contributed by atoms with E-state index in [1.54, 1.807) is 6.20 Å². The van der Waals surface area contributed by atoms with E-state index in [2.05, 4.69) is 9.97 Å². The number of rotatable bonds is 2. The summed E-state index contributed by atoms with van der Waals surface area (Å²) in [5.41, 5.74) is 0.710. The van der Waals surface area contributed by atoms with Gasteiger partial charge in [0.15, 0.2) is 0 Å². The second kappa shape index (κ2) is 4.57. The minimum Gasteiger partial charge on any atom is -0.493 e. The van der Waals surface area contributed by atoms with Crippen LogP contribution in [0, 0.1) is 0 Å². The molecule has 1 aromatic rings. The summed E-state index contributed by atoms with van der Waals surface area (Å²) in [7, 11) is 0. The predicted octanol–water partition coefficient (Wildman–Crippen LogP) is 1.21. The van der Waals surface area contributed by atoms with Gasteiger partial charge in [-0.15, -0.1) is 0 Å². The molecule has 1 saturated heterocycles. The van der Waals surface area contributed by atoms with E-state index in [4.69, 9.17) is 5.11 Å². The van der Waals surface area contributed by atoms with Gasteiger partial charge >= 0.3 is 6.09 Å². The number of aryl methyl sites for hydroxylation is 1. The number of hydrogen-bond donors (Lipinski definition) is 2. The zero-order chi connectivity index (χ0) is 12.4. The molecular formula is C11H15N3O3. The highest BCUT2D eigenvalue weighted by Gasteiger charge is 2.29. The van der Waals surface area contributed by atoms with Crippen LogP contribution >= 0.6 is 0 Å². The van der Waals surface area contributed by atoms with Gasteiger partial charge in [-0.25, -0.2) is 9.78 Å². The van der Waals surface area contributed by atoms with Crippen molar-refractivity contribution in [3.63, 3.8) is 0 Å². The molecule has 0 saturated carbocycles. The molecule has 2 N–H and O–H groups in total. The first-order chi connectivity index (χ1) is 8.11. The Labute approximate surface area is 98.9 Å². The highest BCUT2D eigenvalue weighted by molar-refractivity contribution is 5.65. The Morgan fingerprint density at radius 3 is 2.94 bits per heavy atom. The Bertz CT molecular complexity index is 436. The van der Waals surface area contributed by atoms with E-state index in [9.17, 15) is 9.90 Å². The summed E-state index contributed by atoms with van der Waals surface area (Å²) in [5.74, 6) is 0.526. The molecule has 0 aromatic carbocycles. The normalized spacial score (nSPS) is 19.6. The Hall–Kier alpha value is -1.85. The number of aromatic hydroxyl groups is 1. The van der Waals surface area contributed by atoms with Crippen molar-refractivity contribution in [3.8, 4) is 5.88 Å². The molecule has 0 bridgehead atoms. The van der Waals surface area contributed by atoms with Crippen molar-refractivity contribution in [3.05, 3.63) is 17.6 Å². The van der Waals surface area contributed by atoms with Crippen LogP contribution in [-0.2, 0) is 6.42 Å². The monoisotopic (exact) mass is 237 g/mol. The van der Waals surface area contributed by atoms with Crippen LogP contribution in [0.2, 0.25) is 0 Å². The molecule has 1 amide bonds. The maximum Gasteiger partial charge on any atom is 0.407 e. The van der Waals surface area contributed by atoms with E-state index in [0.29, 0.717) is 37.3 Å². The fraction of sp³-hybridized carbons (Fsp3) is 0.545. The van der Waals surface area contributed by atoms with Crippen LogP contribution in [0.4, 0.5) is 4.79 Å². The number of carbonyl (C=O) groups is 1. The van der Waals surface area contributed by atoms with Crippen LogP contribution in [0.25, 0.3) is 0 Å². The Balaban J connectivity index is 2.14. The van der Waals surface area contributed by atoms with Crippen molar-refractivity contribution >= 4 is 6.09 Å². The van der Waals surface area contributed by atoms with Gasteiger partial charge in [0.1, 0.15) is 5.82 Å². The minimum absolute atomic E-state index is 0.00581. The zero-order valence-corrected chi connectivity index (χ0v) is 9.63. The van der Waals surface area contributed by atoms with Crippen LogP contribution in [-0.4, -0.2) is 44.3 Å². The van der Waals surface area contributed by atoms with Crippen molar-refractivity contribution in [1.29, 1.82) is 0 Å². The fourth-order valence-electron chi connectivity index (χ4n) is 2.00. The van der Waals surface area contributed by atoms with Crippen molar-refractivity contribution < 1.29 is 15.0 Å². The summed E-state index contributed by atoms with van der Waals surface area (Å²) in [6.45, 7) is 2.82. The van der Waals surface area contributed by atoms with Crippen molar-refractivity contribution in [2.24, 2.45) is 0 Å². The molecule has 1 atom stereocenters. The third kappa shape index (κ3) is 2.30. The summed E-state index contributed by atoms with van der Waals surface area (Å²) >= 11 is 0. The standard InChI is InChI=1S/C11H15N3O3/c1-2-7-5-12-9(13-10(7)15)8-3-4-14(6-8)11(16)17/h5,8H,2-4,6H2,1H3,(H,16,17)(H,12,13,15). The largest absolute Gasteiger partial charge is 0.493 e. The van der Waals surface area contributed by atoms with E-state index < -0.39 is 6.09 Å². The maximum atomic E-state index is 10.8. The second-order valence-electron chi connectivity index (χ2n) is 4.14. The third-order valence-corrected chi connectivity index (χ3v) is 3.07. The molecule has 17 heavy (non-hydrogen) atoms. The number of hydrogen-bond acceptors (Lipinski definition) is 4. The van der Waals surface area contributed by atoms with Gasteiger partial charge in [0.2, 0.25) is 5.88 Å². The molecule has 0 radical (unpaired) electrons. The van der Waals surface area contributed by atoms with Gasteiger partial charge in [0.05, 0.1) is 0 Å². The highest BCUT2D eigenvalue weighted by Crippen LogP contribution is 2.26. The number of nitrogens with zero attached hydrogens (tertiary/aromatic N) is 3. The average Bonchev–Trinajstić information content (AvgIpc) is 2.78. The van der Waals surface area contributed by atoms with Crippen LogP contribution in [0.1, 0.15) is 30.7 Å². The summed E-state index contributed by atoms with van der Waals surface area (Å²) in [6, 6.07) is 0. The predicted molar refractivity (Wildman–Crippen MR) is 60.0 cm³/mol. The summed E-state index contributed by atoms with van der Waals surface area (Å²) < 4.78 is 0. The molecule has 2 rings (SSSR count). The highest BCUT2D eigenvalue weighted by atomic mass is 16.4. The molecule has 1 fully saturated rings. The Morgan fingerprint density at radius 1 is 1.65 bits per heavy atom. The smallest absolute Gasteiger partial charge is 0.407 e. The minimum atomic E-state index is -0.915. The van der Waals surface area contributed by atoms with Gasteiger partial charge in [-0.1, -0.05) is 6.92 Å². The summed E-state index contributed by atoms with van der Waals surface area (Å²) in [6.07, 6.45) is 2.08. The first kappa shape index (κ1) is 11.6. The number of carboxylic acid groups (broad SMARTS) is 1. The molecule has 0 aliphatic carbocycles. The van der Waals surface area contributed by atoms with Crippen molar-refractivity contribution in [1.82, 2.24) is 14.9 Å². The molecule has 92 valence electrons. The van der Waals surface area contributed by atoms with Crippen molar-refractivity contribution in [2.45, 2.75) is 25.7 Å². The molecule has 1 aliphatic rings. The van der Waals surface area contributed by atoms with Gasteiger partial charge < -0.3 is 15.1 Å². The topological polar surface area (TPSA) is 86.6 Å². The van der Waals surface area contributed by atoms with Crippen LogP contribution in [0.15, 0.2) is 6.20 Å². The van der Waals surface area contributed by atoms with Gasteiger partial charge in [0, 0.05) is 30.8 Å². The van der Waals surface area contributed by atoms with E-state index in [0.717, 1.165) is 0 Å². The van der Waals surface area contributed by atoms with Crippen molar-refractivity contribution in [2.75, 3.05) is 13.1 Å². The molecule has 6 nitrogen and oxygen atoms in total. The SMILES string of the molecule is CCc1cnc(C2CCN(C(=O)O)C2)nc1O. The molecule has 2 heterocycles. The average molecular weight is 237 g/mol. The lowest BCUT2D eigenvalue weighted by Gasteiger charge is -2.11. The number of aromatic nitrogens is 2. The lowest BCUT2D eigenvalue weighted by Crippen LogP contribution is -2.26. The van der Waals surface area contributed by atoms with Gasteiger partial charge in [0.25, 0.3) is 0 Å². The molecule has 1 aliphatic heterocycles. The summed E-state index contributed by atoms with van der Waals surface area (Å²) in [4.78, 5) is 20.4.